The fraction of sp³-hybridized carbons (Fsp3) is 0.333. The predicted octanol–water partition coefficient (Wildman–Crippen LogP) is 4.70. The van der Waals surface area contributed by atoms with E-state index < -0.39 is 23.5 Å². The van der Waals surface area contributed by atoms with E-state index in [1.54, 1.807) is 24.3 Å². The van der Waals surface area contributed by atoms with Crippen LogP contribution < -0.4 is 11.2 Å². The molecule has 2 N–H and O–H groups in total. The third-order valence-corrected chi connectivity index (χ3v) is 11.9. The Kier molecular flexibility index (Phi) is 12.7. The molecule has 8 rings (SSSR count). The van der Waals surface area contributed by atoms with Crippen LogP contribution in [-0.2, 0) is 13.1 Å². The molecule has 6 aromatic rings. The highest BCUT2D eigenvalue weighted by Crippen LogP contribution is 2.31. The molecule has 2 saturated heterocycles. The molecule has 2 atom stereocenters. The van der Waals surface area contributed by atoms with Gasteiger partial charge in [0, 0.05) is 65.4 Å². The van der Waals surface area contributed by atoms with Crippen LogP contribution in [0.3, 0.4) is 0 Å². The van der Waals surface area contributed by atoms with Gasteiger partial charge in [0.05, 0.1) is 48.3 Å². The van der Waals surface area contributed by atoms with Gasteiger partial charge in [-0.2, -0.15) is 0 Å². The van der Waals surface area contributed by atoms with Crippen LogP contribution in [0.2, 0.25) is 0 Å². The van der Waals surface area contributed by atoms with Crippen LogP contribution in [0.15, 0.2) is 155 Å². The van der Waals surface area contributed by atoms with Gasteiger partial charge in [-0.1, -0.05) is 133 Å². The highest BCUT2D eigenvalue weighted by atomic mass is 16.3. The first kappa shape index (κ1) is 39.6. The molecule has 2 aliphatic rings. The Bertz CT molecular complexity index is 2240. The lowest BCUT2D eigenvalue weighted by Gasteiger charge is -2.40. The van der Waals surface area contributed by atoms with Crippen molar-refractivity contribution in [2.45, 2.75) is 37.4 Å². The van der Waals surface area contributed by atoms with Crippen molar-refractivity contribution in [2.75, 3.05) is 65.4 Å². The van der Waals surface area contributed by atoms with Gasteiger partial charge in [0.25, 0.3) is 5.56 Å². The molecule has 5 aromatic carbocycles. The Balaban J connectivity index is 0.908. The molecule has 2 fully saturated rings. The predicted molar refractivity (Wildman–Crippen MR) is 230 cm³/mol. The van der Waals surface area contributed by atoms with E-state index >= 15 is 0 Å². The Morgan fingerprint density at radius 2 is 0.759 bits per heavy atom. The molecule has 1 aromatic heterocycles. The third kappa shape index (κ3) is 9.08. The summed E-state index contributed by atoms with van der Waals surface area (Å²) in [7, 11) is 0. The van der Waals surface area contributed by atoms with Crippen molar-refractivity contribution in [3.63, 3.8) is 0 Å². The lowest BCUT2D eigenvalue weighted by Crippen LogP contribution is -2.51. The summed E-state index contributed by atoms with van der Waals surface area (Å²) in [5, 5.41) is 23.2. The first-order valence-corrected chi connectivity index (χ1v) is 20.6. The highest BCUT2D eigenvalue weighted by Gasteiger charge is 2.29. The fourth-order valence-electron chi connectivity index (χ4n) is 9.02. The molecule has 0 saturated carbocycles. The zero-order chi connectivity index (χ0) is 39.8. The van der Waals surface area contributed by atoms with Gasteiger partial charge < -0.3 is 10.2 Å². The summed E-state index contributed by atoms with van der Waals surface area (Å²) in [5.74, 6) is 0. The van der Waals surface area contributed by atoms with E-state index in [-0.39, 0.29) is 25.2 Å². The first-order valence-electron chi connectivity index (χ1n) is 20.6. The minimum absolute atomic E-state index is 0.0402. The average Bonchev–Trinajstić information content (AvgIpc) is 3.27. The smallest absolute Gasteiger partial charge is 0.331 e. The SMILES string of the molecule is O=c1c2ccccc2n(C[C@@H](O)CN2CCN(C(c3ccccc3)c3ccccc3)CC2)c(=O)n1C[C@@H](O)CN1CCN(C(c2ccccc2)c2ccccc2)CC1. The number of nitrogens with zero attached hydrogens (tertiary/aromatic N) is 6. The van der Waals surface area contributed by atoms with E-state index in [0.29, 0.717) is 24.0 Å². The van der Waals surface area contributed by atoms with Crippen LogP contribution in [0, 0.1) is 0 Å². The van der Waals surface area contributed by atoms with Gasteiger partial charge in [0.2, 0.25) is 0 Å². The molecular formula is C48H54N6O4. The van der Waals surface area contributed by atoms with Crippen LogP contribution in [-0.4, -0.2) is 117 Å². The monoisotopic (exact) mass is 778 g/mol. The average molecular weight is 779 g/mol. The van der Waals surface area contributed by atoms with Crippen LogP contribution in [0.25, 0.3) is 10.9 Å². The lowest BCUT2D eigenvalue weighted by molar-refractivity contribution is 0.0522. The van der Waals surface area contributed by atoms with E-state index in [0.717, 1.165) is 56.9 Å². The number of piperazine rings is 2. The number of benzene rings is 5. The summed E-state index contributed by atoms with van der Waals surface area (Å²) in [6.07, 6.45) is -1.77. The number of hydrogen-bond donors (Lipinski definition) is 2. The summed E-state index contributed by atoms with van der Waals surface area (Å²) in [5.41, 5.74) is 4.56. The number of hydrogen-bond acceptors (Lipinski definition) is 8. The van der Waals surface area contributed by atoms with Crippen molar-refractivity contribution in [3.8, 4) is 0 Å². The summed E-state index contributed by atoms with van der Waals surface area (Å²) in [6.45, 7) is 7.04. The van der Waals surface area contributed by atoms with Gasteiger partial charge in [0.1, 0.15) is 0 Å². The number of β-amino-alcohol motifs (C(OH)–C–C–N with tert-alkyl or cyclic N) is 2. The van der Waals surface area contributed by atoms with E-state index in [9.17, 15) is 19.8 Å². The second kappa shape index (κ2) is 18.6. The van der Waals surface area contributed by atoms with Crippen LogP contribution in [0.1, 0.15) is 34.3 Å². The Morgan fingerprint density at radius 3 is 1.16 bits per heavy atom. The first-order chi connectivity index (χ1) is 28.4. The molecule has 3 heterocycles. The number of aliphatic hydroxyl groups excluding tert-OH is 2. The molecule has 0 unspecified atom stereocenters. The lowest BCUT2D eigenvalue weighted by atomic mass is 9.96. The zero-order valence-electron chi connectivity index (χ0n) is 33.0. The van der Waals surface area contributed by atoms with Crippen LogP contribution >= 0.6 is 0 Å². The van der Waals surface area contributed by atoms with Crippen molar-refractivity contribution in [2.24, 2.45) is 0 Å². The van der Waals surface area contributed by atoms with Crippen molar-refractivity contribution < 1.29 is 10.2 Å². The summed E-state index contributed by atoms with van der Waals surface area (Å²) < 4.78 is 2.67. The summed E-state index contributed by atoms with van der Waals surface area (Å²) in [6, 6.07) is 49.6. The Labute approximate surface area is 340 Å². The molecule has 0 aliphatic carbocycles. The molecule has 0 spiro atoms. The topological polar surface area (TPSA) is 97.4 Å². The molecule has 58 heavy (non-hydrogen) atoms. The molecule has 2 aliphatic heterocycles. The largest absolute Gasteiger partial charge is 0.390 e. The van der Waals surface area contributed by atoms with Crippen LogP contribution in [0.5, 0.6) is 0 Å². The van der Waals surface area contributed by atoms with Crippen molar-refractivity contribution >= 4 is 10.9 Å². The zero-order valence-corrected chi connectivity index (χ0v) is 33.0. The second-order valence-corrected chi connectivity index (χ2v) is 15.8. The van der Waals surface area contributed by atoms with E-state index in [4.69, 9.17) is 0 Å². The van der Waals surface area contributed by atoms with Gasteiger partial charge in [-0.05, 0) is 34.4 Å². The van der Waals surface area contributed by atoms with E-state index in [2.05, 4.69) is 117 Å². The summed E-state index contributed by atoms with van der Waals surface area (Å²) in [4.78, 5) is 37.3. The Hall–Kier alpha value is -5.20. The van der Waals surface area contributed by atoms with Gasteiger partial charge in [-0.3, -0.25) is 33.5 Å². The van der Waals surface area contributed by atoms with Crippen molar-refractivity contribution in [3.05, 3.63) is 189 Å². The number of aliphatic hydroxyl groups is 2. The van der Waals surface area contributed by atoms with Crippen LogP contribution in [0.4, 0.5) is 0 Å². The normalized spacial score (nSPS) is 17.2. The van der Waals surface area contributed by atoms with Gasteiger partial charge in [0.15, 0.2) is 0 Å². The number of para-hydroxylation sites is 1. The second-order valence-electron chi connectivity index (χ2n) is 15.8. The van der Waals surface area contributed by atoms with Gasteiger partial charge in [-0.25, -0.2) is 4.79 Å². The maximum Gasteiger partial charge on any atom is 0.331 e. The minimum atomic E-state index is -0.928. The number of rotatable bonds is 14. The highest BCUT2D eigenvalue weighted by molar-refractivity contribution is 5.77. The van der Waals surface area contributed by atoms with Gasteiger partial charge in [-0.15, -0.1) is 0 Å². The Morgan fingerprint density at radius 1 is 0.414 bits per heavy atom. The summed E-state index contributed by atoms with van der Waals surface area (Å²) >= 11 is 0. The van der Waals surface area contributed by atoms with Crippen molar-refractivity contribution in [1.29, 1.82) is 0 Å². The molecule has 0 amide bonds. The third-order valence-electron chi connectivity index (χ3n) is 11.9. The number of aromatic nitrogens is 2. The molecule has 300 valence electrons. The maximum absolute atomic E-state index is 14.1. The quantitative estimate of drug-likeness (QED) is 0.165. The van der Waals surface area contributed by atoms with E-state index in [1.807, 2.05) is 24.3 Å². The molecule has 10 heteroatoms. The molecule has 0 bridgehead atoms. The molecular weight excluding hydrogens is 725 g/mol. The maximum atomic E-state index is 14.1. The molecule has 0 radical (unpaired) electrons. The standard InChI is InChI=1S/C48H54N6O4/c55-41(33-49-25-29-51(30-26-49)45(37-15-5-1-6-16-37)38-17-7-2-8-18-38)35-53-44-24-14-13-23-43(44)47(57)54(48(53)58)36-42(56)34-50-27-31-52(32-28-50)46(39-19-9-3-10-20-39)40-21-11-4-12-22-40/h1-24,41-42,45-46,55-56H,25-36H2/t41-,42-/m0/s1. The van der Waals surface area contributed by atoms with Gasteiger partial charge >= 0.3 is 5.69 Å². The fourth-order valence-corrected chi connectivity index (χ4v) is 9.02. The molecule has 10 nitrogen and oxygen atoms in total. The van der Waals surface area contributed by atoms with E-state index in [1.165, 1.54) is 26.8 Å². The minimum Gasteiger partial charge on any atom is -0.390 e. The number of fused-ring (bicyclic) bond motifs is 1. The van der Waals surface area contributed by atoms with Crippen molar-refractivity contribution in [1.82, 2.24) is 28.7 Å².